The molecule has 0 aliphatic heterocycles. The third-order valence-corrected chi connectivity index (χ3v) is 9.06. The van der Waals surface area contributed by atoms with Gasteiger partial charge >= 0.3 is 5.97 Å². The molecule has 3 aromatic rings. The van der Waals surface area contributed by atoms with Crippen LogP contribution >= 0.6 is 11.6 Å². The van der Waals surface area contributed by atoms with Gasteiger partial charge in [-0.2, -0.15) is 12.9 Å². The second-order valence-electron chi connectivity index (χ2n) is 10.2. The molecule has 0 aliphatic carbocycles. The van der Waals surface area contributed by atoms with Gasteiger partial charge in [-0.15, -0.1) is 0 Å². The molecule has 18 nitrogen and oxygen atoms in total. The highest BCUT2D eigenvalue weighted by atomic mass is 35.5. The number of nitrogens with one attached hydrogen (secondary N) is 5. The molecule has 0 spiro atoms. The highest BCUT2D eigenvalue weighted by molar-refractivity contribution is 7.80. The van der Waals surface area contributed by atoms with Gasteiger partial charge in [0.05, 0.1) is 21.8 Å². The summed E-state index contributed by atoms with van der Waals surface area (Å²) < 4.78 is 64.6. The normalized spacial score (nSPS) is 11.8. The quantitative estimate of drug-likeness (QED) is 0.0533. The minimum absolute atomic E-state index is 0.0614. The molecular weight excluding hydrogens is 837 g/mol. The highest BCUT2D eigenvalue weighted by Gasteiger charge is 2.11. The predicted molar refractivity (Wildman–Crippen MR) is 204 cm³/mol. The zero-order valence-electron chi connectivity index (χ0n) is 30.5. The molecule has 57 heavy (non-hydrogen) atoms. The SMILES string of the molecule is CNC(=O)CCCCC(=O)NOS(=O)c1cccc(Cl)c1.CNC(=O)c1ccc(S(=O)ONC(=O)CF)cc1.COC(=O)/C=C/C(=O)NOS(=O)c1ccccc1. The van der Waals surface area contributed by atoms with Crippen LogP contribution in [0.4, 0.5) is 4.39 Å². The van der Waals surface area contributed by atoms with Gasteiger partial charge < -0.3 is 15.4 Å². The fraction of sp³-hybridized carbons (Fsp3) is 0.235. The van der Waals surface area contributed by atoms with Gasteiger partial charge in [0.1, 0.15) is 0 Å². The second-order valence-corrected chi connectivity index (χ2v) is 14.0. The molecule has 0 bridgehead atoms. The molecular formula is C34H39ClFN5O13S3. The number of hydroxylamine groups is 3. The van der Waals surface area contributed by atoms with Crippen molar-refractivity contribution in [3.63, 3.8) is 0 Å². The molecule has 3 rings (SSSR count). The summed E-state index contributed by atoms with van der Waals surface area (Å²) >= 11 is 0.191. The fourth-order valence-corrected chi connectivity index (χ4v) is 5.57. The maximum Gasteiger partial charge on any atom is 0.330 e. The zero-order chi connectivity index (χ0) is 42.6. The van der Waals surface area contributed by atoms with Crippen molar-refractivity contribution < 1.29 is 63.4 Å². The van der Waals surface area contributed by atoms with E-state index in [4.69, 9.17) is 15.9 Å². The number of esters is 1. The van der Waals surface area contributed by atoms with Crippen molar-refractivity contribution in [3.05, 3.63) is 102 Å². The fourth-order valence-electron chi connectivity index (χ4n) is 3.38. The molecule has 0 aromatic heterocycles. The number of hydrogen-bond acceptors (Lipinski definition) is 13. The van der Waals surface area contributed by atoms with Gasteiger partial charge in [-0.25, -0.2) is 38.3 Å². The van der Waals surface area contributed by atoms with Crippen LogP contribution in [0.2, 0.25) is 5.02 Å². The van der Waals surface area contributed by atoms with Gasteiger partial charge in [0.15, 0.2) is 6.67 Å². The molecule has 5 amide bonds. The molecule has 3 unspecified atom stereocenters. The summed E-state index contributed by atoms with van der Waals surface area (Å²) in [5, 5.41) is 5.37. The highest BCUT2D eigenvalue weighted by Crippen LogP contribution is 2.14. The van der Waals surface area contributed by atoms with Crippen molar-refractivity contribution in [1.29, 1.82) is 0 Å². The van der Waals surface area contributed by atoms with Gasteiger partial charge in [-0.05, 0) is 67.4 Å². The summed E-state index contributed by atoms with van der Waals surface area (Å²) in [7, 11) is 4.24. The summed E-state index contributed by atoms with van der Waals surface area (Å²) in [6.45, 7) is -1.26. The number of ether oxygens (including phenoxy) is 1. The molecule has 0 radical (unpaired) electrons. The Morgan fingerprint density at radius 1 is 0.649 bits per heavy atom. The minimum Gasteiger partial charge on any atom is -0.466 e. The topological polar surface area (TPSA) is 251 Å². The molecule has 0 heterocycles. The molecule has 3 atom stereocenters. The van der Waals surface area contributed by atoms with Crippen molar-refractivity contribution in [3.8, 4) is 0 Å². The number of alkyl halides is 1. The monoisotopic (exact) mass is 875 g/mol. The Hall–Kier alpha value is -5.23. The van der Waals surface area contributed by atoms with E-state index in [2.05, 4.69) is 29.4 Å². The van der Waals surface area contributed by atoms with Crippen LogP contribution < -0.4 is 27.1 Å². The molecule has 0 aliphatic rings. The maximum absolute atomic E-state index is 11.8. The van der Waals surface area contributed by atoms with E-state index in [9.17, 15) is 45.8 Å². The molecule has 0 fully saturated rings. The third-order valence-electron chi connectivity index (χ3n) is 6.17. The molecule has 0 saturated heterocycles. The standard InChI is InChI=1S/C13H17ClN2O4S.C11H11NO5S.C10H11FN2O4S/c1-15-12(17)7-2-3-8-13(18)16-20-21(19)11-6-4-5-10(14)9-11;1-16-11(14)8-7-10(13)12-17-18(15)9-5-3-2-4-6-9;1-12-10(15)7-2-4-8(5-3-7)18(16)17-13-9(14)6-11/h4-6,9H,2-3,7-8H2,1H3,(H,15,17)(H,16,18);2-8H,1H3,(H,12,13);2-5H,6H2,1H3,(H,12,15)(H,13,14)/b;8-7+;. The lowest BCUT2D eigenvalue weighted by Crippen LogP contribution is -2.26. The summed E-state index contributed by atoms with van der Waals surface area (Å²) in [6, 6.07) is 20.4. The van der Waals surface area contributed by atoms with E-state index in [1.165, 1.54) is 44.5 Å². The van der Waals surface area contributed by atoms with Crippen molar-refractivity contribution in [1.82, 2.24) is 27.1 Å². The average molecular weight is 876 g/mol. The van der Waals surface area contributed by atoms with Crippen molar-refractivity contribution in [2.45, 2.75) is 40.4 Å². The van der Waals surface area contributed by atoms with Gasteiger partial charge in [-0.3, -0.25) is 24.0 Å². The number of hydrogen-bond donors (Lipinski definition) is 5. The van der Waals surface area contributed by atoms with Crippen molar-refractivity contribution >= 4 is 80.3 Å². The number of amides is 5. The maximum atomic E-state index is 11.8. The molecule has 5 N–H and O–H groups in total. The lowest BCUT2D eigenvalue weighted by molar-refractivity contribution is -0.135. The van der Waals surface area contributed by atoms with Gasteiger partial charge in [-0.1, -0.05) is 35.9 Å². The Morgan fingerprint density at radius 2 is 1.18 bits per heavy atom. The van der Waals surface area contributed by atoms with Crippen LogP contribution in [0.5, 0.6) is 0 Å². The van der Waals surface area contributed by atoms with Gasteiger partial charge in [0.2, 0.25) is 45.1 Å². The minimum atomic E-state index is -1.96. The number of rotatable bonds is 18. The predicted octanol–water partition coefficient (Wildman–Crippen LogP) is 2.29. The molecule has 23 heteroatoms. The zero-order valence-corrected chi connectivity index (χ0v) is 33.7. The first-order valence-electron chi connectivity index (χ1n) is 16.0. The lowest BCUT2D eigenvalue weighted by atomic mass is 10.2. The summed E-state index contributed by atoms with van der Waals surface area (Å²) in [5.41, 5.74) is 6.13. The number of carbonyl (C=O) groups is 6. The van der Waals surface area contributed by atoms with Crippen LogP contribution in [-0.4, -0.2) is 76.0 Å². The van der Waals surface area contributed by atoms with Gasteiger partial charge in [0.25, 0.3) is 17.7 Å². The van der Waals surface area contributed by atoms with Crippen LogP contribution in [0.3, 0.4) is 0 Å². The first-order valence-corrected chi connectivity index (χ1v) is 19.6. The lowest BCUT2D eigenvalue weighted by Gasteiger charge is -2.05. The van der Waals surface area contributed by atoms with E-state index in [0.717, 1.165) is 12.2 Å². The first kappa shape index (κ1) is 49.8. The van der Waals surface area contributed by atoms with Crippen LogP contribution in [0.15, 0.2) is 106 Å². The Labute approximate surface area is 339 Å². The first-order chi connectivity index (χ1) is 27.2. The Bertz CT molecular complexity index is 1890. The molecule has 0 saturated carbocycles. The van der Waals surface area contributed by atoms with E-state index < -0.39 is 57.7 Å². The average Bonchev–Trinajstić information content (AvgIpc) is 3.24. The van der Waals surface area contributed by atoms with E-state index in [-0.39, 0.29) is 29.0 Å². The summed E-state index contributed by atoms with van der Waals surface area (Å²) in [6.07, 6.45) is 3.55. The van der Waals surface area contributed by atoms with Crippen LogP contribution in [0, 0.1) is 0 Å². The smallest absolute Gasteiger partial charge is 0.330 e. The van der Waals surface area contributed by atoms with E-state index >= 15 is 0 Å². The summed E-state index contributed by atoms with van der Waals surface area (Å²) in [4.78, 5) is 67.0. The van der Waals surface area contributed by atoms with Crippen LogP contribution in [0.25, 0.3) is 0 Å². The summed E-state index contributed by atoms with van der Waals surface area (Å²) in [5.74, 6) is -3.14. The van der Waals surface area contributed by atoms with E-state index in [1.807, 2.05) is 5.48 Å². The van der Waals surface area contributed by atoms with Crippen LogP contribution in [0.1, 0.15) is 36.0 Å². The second kappa shape index (κ2) is 29.1. The number of unbranched alkanes of at least 4 members (excludes halogenated alkanes) is 1. The van der Waals surface area contributed by atoms with E-state index in [0.29, 0.717) is 39.6 Å². The number of halogens is 2. The Kier molecular flexibility index (Phi) is 25.4. The van der Waals surface area contributed by atoms with Crippen molar-refractivity contribution in [2.75, 3.05) is 27.9 Å². The van der Waals surface area contributed by atoms with Gasteiger partial charge in [0, 0.05) is 49.7 Å². The number of carbonyl (C=O) groups excluding carboxylic acids is 6. The largest absolute Gasteiger partial charge is 0.466 e. The Balaban J connectivity index is 0.000000429. The van der Waals surface area contributed by atoms with E-state index in [1.54, 1.807) is 61.1 Å². The van der Waals surface area contributed by atoms with Crippen molar-refractivity contribution in [2.24, 2.45) is 0 Å². The third kappa shape index (κ3) is 22.2. The molecule has 3 aromatic carbocycles. The Morgan fingerprint density at radius 3 is 1.72 bits per heavy atom. The molecule has 310 valence electrons. The van der Waals surface area contributed by atoms with Crippen LogP contribution in [-0.2, 0) is 74.8 Å². The number of methoxy groups -OCH3 is 1. The number of benzene rings is 3.